The van der Waals surface area contributed by atoms with E-state index >= 15 is 0 Å². The molecule has 0 aromatic heterocycles. The summed E-state index contributed by atoms with van der Waals surface area (Å²) < 4.78 is 10.5. The summed E-state index contributed by atoms with van der Waals surface area (Å²) in [7, 11) is 1.63. The Morgan fingerprint density at radius 3 is 2.30 bits per heavy atom. The van der Waals surface area contributed by atoms with Crippen LogP contribution in [0.25, 0.3) is 0 Å². The van der Waals surface area contributed by atoms with Gasteiger partial charge in [0.25, 0.3) is 0 Å². The lowest BCUT2D eigenvalue weighted by Gasteiger charge is -2.36. The average molecular weight is 369 g/mol. The van der Waals surface area contributed by atoms with Gasteiger partial charge in [-0.2, -0.15) is 0 Å². The van der Waals surface area contributed by atoms with Crippen molar-refractivity contribution in [2.75, 3.05) is 44.7 Å². The molecule has 2 aromatic carbocycles. The summed E-state index contributed by atoms with van der Waals surface area (Å²) in [5, 5.41) is 0. The molecule has 0 spiro atoms. The average Bonchev–Trinajstić information content (AvgIpc) is 2.72. The Morgan fingerprint density at radius 2 is 1.70 bits per heavy atom. The van der Waals surface area contributed by atoms with Crippen LogP contribution >= 0.6 is 0 Å². The number of para-hydroxylation sites is 1. The number of amides is 1. The van der Waals surface area contributed by atoms with E-state index in [0.29, 0.717) is 6.42 Å². The maximum absolute atomic E-state index is 11.3. The number of rotatable bonds is 7. The summed E-state index contributed by atoms with van der Waals surface area (Å²) in [5.41, 5.74) is 7.47. The smallest absolute Gasteiger partial charge is 0.405 e. The van der Waals surface area contributed by atoms with E-state index in [4.69, 9.17) is 15.2 Å². The Morgan fingerprint density at radius 1 is 1.04 bits per heavy atom. The van der Waals surface area contributed by atoms with Gasteiger partial charge in [0.05, 0.1) is 7.11 Å². The van der Waals surface area contributed by atoms with Crippen LogP contribution in [0, 0.1) is 0 Å². The van der Waals surface area contributed by atoms with E-state index < -0.39 is 6.09 Å². The van der Waals surface area contributed by atoms with Crippen molar-refractivity contribution in [3.8, 4) is 5.75 Å². The number of hydrogen-bond acceptors (Lipinski definition) is 5. The second-order valence-electron chi connectivity index (χ2n) is 6.65. The van der Waals surface area contributed by atoms with Gasteiger partial charge < -0.3 is 20.1 Å². The molecule has 6 nitrogen and oxygen atoms in total. The highest BCUT2D eigenvalue weighted by molar-refractivity contribution is 5.65. The molecule has 0 aliphatic carbocycles. The second kappa shape index (κ2) is 9.28. The third kappa shape index (κ3) is 5.37. The molecule has 1 unspecified atom stereocenters. The maximum atomic E-state index is 11.3. The minimum atomic E-state index is -0.746. The summed E-state index contributed by atoms with van der Waals surface area (Å²) in [6, 6.07) is 18.0. The molecular formula is C21H27N3O3. The van der Waals surface area contributed by atoms with Crippen LogP contribution < -0.4 is 15.4 Å². The second-order valence-corrected chi connectivity index (χ2v) is 6.65. The van der Waals surface area contributed by atoms with E-state index in [1.807, 2.05) is 30.3 Å². The fourth-order valence-electron chi connectivity index (χ4n) is 3.42. The van der Waals surface area contributed by atoms with Gasteiger partial charge in [0.2, 0.25) is 0 Å². The number of anilines is 1. The Bertz CT molecular complexity index is 713. The Kier molecular flexibility index (Phi) is 6.54. The van der Waals surface area contributed by atoms with E-state index in [9.17, 15) is 4.79 Å². The molecule has 2 N–H and O–H groups in total. The zero-order chi connectivity index (χ0) is 19.1. The minimum Gasteiger partial charge on any atom is -0.497 e. The molecule has 1 aliphatic heterocycles. The predicted octanol–water partition coefficient (Wildman–Crippen LogP) is 3.04. The molecule has 2 aromatic rings. The SMILES string of the molecule is COc1ccc(C(CCN2CCN(c3ccccc3)CC2)OC(N)=O)cc1. The standard InChI is InChI=1S/C21H27N3O3/c1-26-19-9-7-17(8-10-19)20(27-21(22)25)11-12-23-13-15-24(16-14-23)18-5-3-2-4-6-18/h2-10,20H,11-16H2,1H3,(H2,22,25). The van der Waals surface area contributed by atoms with Crippen molar-refractivity contribution in [1.29, 1.82) is 0 Å². The molecule has 1 amide bonds. The summed E-state index contributed by atoms with van der Waals surface area (Å²) >= 11 is 0. The van der Waals surface area contributed by atoms with Crippen LogP contribution in [-0.2, 0) is 4.74 Å². The van der Waals surface area contributed by atoms with E-state index in [1.165, 1.54) is 5.69 Å². The molecule has 0 bridgehead atoms. The number of piperazine rings is 1. The number of nitrogens with two attached hydrogens (primary N) is 1. The zero-order valence-corrected chi connectivity index (χ0v) is 15.7. The molecule has 1 saturated heterocycles. The van der Waals surface area contributed by atoms with Crippen molar-refractivity contribution in [2.45, 2.75) is 12.5 Å². The number of carbonyl (C=O) groups is 1. The third-order valence-corrected chi connectivity index (χ3v) is 4.95. The summed E-state index contributed by atoms with van der Waals surface area (Å²) in [5.74, 6) is 0.772. The maximum Gasteiger partial charge on any atom is 0.405 e. The largest absolute Gasteiger partial charge is 0.497 e. The van der Waals surface area contributed by atoms with Crippen LogP contribution in [0.15, 0.2) is 54.6 Å². The normalized spacial score (nSPS) is 16.0. The lowest BCUT2D eigenvalue weighted by molar-refractivity contribution is 0.0910. The van der Waals surface area contributed by atoms with Crippen molar-refractivity contribution in [1.82, 2.24) is 4.90 Å². The van der Waals surface area contributed by atoms with Crippen molar-refractivity contribution >= 4 is 11.8 Å². The lowest BCUT2D eigenvalue weighted by atomic mass is 10.1. The van der Waals surface area contributed by atoms with Crippen LogP contribution in [-0.4, -0.2) is 50.8 Å². The minimum absolute atomic E-state index is 0.347. The van der Waals surface area contributed by atoms with Gasteiger partial charge in [-0.3, -0.25) is 4.90 Å². The van der Waals surface area contributed by atoms with Crippen molar-refractivity contribution in [3.05, 3.63) is 60.2 Å². The van der Waals surface area contributed by atoms with Crippen LogP contribution in [0.3, 0.4) is 0 Å². The topological polar surface area (TPSA) is 68.0 Å². The van der Waals surface area contributed by atoms with Gasteiger partial charge in [-0.15, -0.1) is 0 Å². The molecule has 1 aliphatic rings. The summed E-state index contributed by atoms with van der Waals surface area (Å²) in [6.45, 7) is 4.82. The molecule has 6 heteroatoms. The fourth-order valence-corrected chi connectivity index (χ4v) is 3.42. The van der Waals surface area contributed by atoms with Gasteiger partial charge >= 0.3 is 6.09 Å². The van der Waals surface area contributed by atoms with Gasteiger partial charge in [-0.25, -0.2) is 4.79 Å². The fraction of sp³-hybridized carbons (Fsp3) is 0.381. The molecule has 144 valence electrons. The third-order valence-electron chi connectivity index (χ3n) is 4.95. The molecule has 0 saturated carbocycles. The molecule has 3 rings (SSSR count). The first-order chi connectivity index (χ1) is 13.2. The van der Waals surface area contributed by atoms with Crippen LogP contribution in [0.4, 0.5) is 10.5 Å². The quantitative estimate of drug-likeness (QED) is 0.812. The van der Waals surface area contributed by atoms with Gasteiger partial charge in [0.1, 0.15) is 11.9 Å². The summed E-state index contributed by atoms with van der Waals surface area (Å²) in [6.07, 6.45) is -0.383. The van der Waals surface area contributed by atoms with Gasteiger partial charge in [0.15, 0.2) is 0 Å². The van der Waals surface area contributed by atoms with E-state index in [1.54, 1.807) is 7.11 Å². The van der Waals surface area contributed by atoms with Gasteiger partial charge in [-0.1, -0.05) is 30.3 Å². The highest BCUT2D eigenvalue weighted by Crippen LogP contribution is 2.24. The van der Waals surface area contributed by atoms with Crippen molar-refractivity contribution in [2.24, 2.45) is 5.73 Å². The van der Waals surface area contributed by atoms with Gasteiger partial charge in [0, 0.05) is 44.8 Å². The highest BCUT2D eigenvalue weighted by Gasteiger charge is 2.20. The number of primary amides is 1. The number of benzene rings is 2. The summed E-state index contributed by atoms with van der Waals surface area (Å²) in [4.78, 5) is 16.1. The molecule has 0 radical (unpaired) electrons. The van der Waals surface area contributed by atoms with E-state index in [-0.39, 0.29) is 6.10 Å². The predicted molar refractivity (Wildman–Crippen MR) is 106 cm³/mol. The molecular weight excluding hydrogens is 342 g/mol. The number of methoxy groups -OCH3 is 1. The first-order valence-electron chi connectivity index (χ1n) is 9.28. The van der Waals surface area contributed by atoms with Crippen molar-refractivity contribution < 1.29 is 14.3 Å². The van der Waals surface area contributed by atoms with Crippen molar-refractivity contribution in [3.63, 3.8) is 0 Å². The van der Waals surface area contributed by atoms with Crippen LogP contribution in [0.1, 0.15) is 18.1 Å². The molecule has 1 heterocycles. The number of nitrogens with zero attached hydrogens (tertiary/aromatic N) is 2. The van der Waals surface area contributed by atoms with E-state index in [0.717, 1.165) is 44.0 Å². The number of hydrogen-bond donors (Lipinski definition) is 1. The van der Waals surface area contributed by atoms with Crippen LogP contribution in [0.2, 0.25) is 0 Å². The molecule has 1 fully saturated rings. The van der Waals surface area contributed by atoms with E-state index in [2.05, 4.69) is 34.1 Å². The molecule has 1 atom stereocenters. The van der Waals surface area contributed by atoms with Gasteiger partial charge in [-0.05, 0) is 29.8 Å². The van der Waals surface area contributed by atoms with Crippen LogP contribution in [0.5, 0.6) is 5.75 Å². The Balaban J connectivity index is 1.53. The Labute approximate surface area is 160 Å². The number of ether oxygens (including phenoxy) is 2. The number of carbonyl (C=O) groups excluding carboxylic acids is 1. The molecule has 27 heavy (non-hydrogen) atoms. The Hall–Kier alpha value is -2.73. The first kappa shape index (κ1) is 19.0. The monoisotopic (exact) mass is 369 g/mol. The highest BCUT2D eigenvalue weighted by atomic mass is 16.6. The lowest BCUT2D eigenvalue weighted by Crippen LogP contribution is -2.46. The zero-order valence-electron chi connectivity index (χ0n) is 15.7. The first-order valence-corrected chi connectivity index (χ1v) is 9.28.